The predicted molar refractivity (Wildman–Crippen MR) is 74.1 cm³/mol. The number of hydrogen-bond acceptors (Lipinski definition) is 3. The van der Waals surface area contributed by atoms with E-state index >= 15 is 0 Å². The highest BCUT2D eigenvalue weighted by Crippen LogP contribution is 2.15. The molecule has 1 aromatic heterocycles. The van der Waals surface area contributed by atoms with Crippen LogP contribution >= 0.6 is 0 Å². The van der Waals surface area contributed by atoms with Crippen LogP contribution in [0.2, 0.25) is 0 Å². The van der Waals surface area contributed by atoms with Crippen molar-refractivity contribution in [3.05, 3.63) is 17.0 Å². The Morgan fingerprint density at radius 3 is 2.68 bits per heavy atom. The summed E-state index contributed by atoms with van der Waals surface area (Å²) < 4.78 is 17.3. The van der Waals surface area contributed by atoms with Gasteiger partial charge in [-0.25, -0.2) is 0 Å². The van der Waals surface area contributed by atoms with Gasteiger partial charge >= 0.3 is 0 Å². The quantitative estimate of drug-likeness (QED) is 0.451. The van der Waals surface area contributed by atoms with Gasteiger partial charge in [0.2, 0.25) is 0 Å². The molecule has 1 heterocycles. The van der Waals surface area contributed by atoms with Crippen molar-refractivity contribution in [1.29, 1.82) is 0 Å². The Balaban J connectivity index is 2.57. The number of halogens is 1. The third-order valence-corrected chi connectivity index (χ3v) is 2.87. The highest BCUT2D eigenvalue weighted by Gasteiger charge is 2.13. The molecule has 5 nitrogen and oxygen atoms in total. The topological polar surface area (TPSA) is 62.5 Å². The molecule has 1 aromatic rings. The normalized spacial score (nSPS) is 11.7. The third kappa shape index (κ3) is 4.54. The minimum Gasteiger partial charge on any atom is -0.361 e. The molecule has 0 fully saturated rings. The molecule has 0 spiro atoms. The van der Waals surface area contributed by atoms with Gasteiger partial charge in [0.05, 0.1) is 12.4 Å². The molecule has 0 saturated carbocycles. The first-order chi connectivity index (χ1) is 9.26. The third-order valence-electron chi connectivity index (χ3n) is 2.87. The summed E-state index contributed by atoms with van der Waals surface area (Å²) in [7, 11) is 1.69. The average molecular weight is 270 g/mol. The van der Waals surface area contributed by atoms with Gasteiger partial charge in [0.1, 0.15) is 5.76 Å². The zero-order valence-electron chi connectivity index (χ0n) is 11.9. The van der Waals surface area contributed by atoms with E-state index in [1.807, 2.05) is 6.92 Å². The van der Waals surface area contributed by atoms with Crippen LogP contribution in [0.3, 0.4) is 0 Å². The first kappa shape index (κ1) is 15.5. The summed E-state index contributed by atoms with van der Waals surface area (Å²) >= 11 is 0. The number of rotatable bonds is 7. The van der Waals surface area contributed by atoms with Crippen molar-refractivity contribution < 1.29 is 8.91 Å². The largest absolute Gasteiger partial charge is 0.361 e. The van der Waals surface area contributed by atoms with Gasteiger partial charge in [-0.05, 0) is 12.8 Å². The Morgan fingerprint density at radius 1 is 1.32 bits per heavy atom. The summed E-state index contributed by atoms with van der Waals surface area (Å²) in [5.74, 6) is 1.57. The lowest BCUT2D eigenvalue weighted by molar-refractivity contribution is 0.380. The van der Waals surface area contributed by atoms with Crippen molar-refractivity contribution in [3.63, 3.8) is 0 Å². The number of aryl methyl sites for hydroxylation is 2. The number of aromatic nitrogens is 1. The number of nitrogens with one attached hydrogen (secondary N) is 2. The Hall–Kier alpha value is -1.59. The molecule has 0 aliphatic carbocycles. The second-order valence-corrected chi connectivity index (χ2v) is 4.13. The smallest absolute Gasteiger partial charge is 0.191 e. The lowest BCUT2D eigenvalue weighted by atomic mass is 10.1. The van der Waals surface area contributed by atoms with Crippen LogP contribution in [0.25, 0.3) is 0 Å². The van der Waals surface area contributed by atoms with Crippen LogP contribution in [0, 0.1) is 0 Å². The fourth-order valence-electron chi connectivity index (χ4n) is 1.80. The summed E-state index contributed by atoms with van der Waals surface area (Å²) in [6, 6.07) is 0. The maximum absolute atomic E-state index is 12.0. The van der Waals surface area contributed by atoms with Crippen LogP contribution in [0.1, 0.15) is 37.3 Å². The Kier molecular flexibility index (Phi) is 6.92. The van der Waals surface area contributed by atoms with Crippen molar-refractivity contribution in [2.75, 3.05) is 20.3 Å². The van der Waals surface area contributed by atoms with Crippen molar-refractivity contribution in [2.24, 2.45) is 4.99 Å². The molecule has 0 aliphatic heterocycles. The van der Waals surface area contributed by atoms with Gasteiger partial charge in [-0.2, -0.15) is 0 Å². The maximum Gasteiger partial charge on any atom is 0.191 e. The molecule has 1 rings (SSSR count). The van der Waals surface area contributed by atoms with Gasteiger partial charge in [0.25, 0.3) is 0 Å². The summed E-state index contributed by atoms with van der Waals surface area (Å²) in [5, 5.41) is 10.3. The van der Waals surface area contributed by atoms with Crippen LogP contribution in [-0.4, -0.2) is 31.4 Å². The molecule has 19 heavy (non-hydrogen) atoms. The van der Waals surface area contributed by atoms with Gasteiger partial charge in [-0.3, -0.25) is 9.38 Å². The van der Waals surface area contributed by atoms with E-state index in [0.29, 0.717) is 25.5 Å². The first-order valence-corrected chi connectivity index (χ1v) is 6.73. The van der Waals surface area contributed by atoms with E-state index < -0.39 is 0 Å². The molecule has 0 aliphatic rings. The lowest BCUT2D eigenvalue weighted by Gasteiger charge is -2.11. The van der Waals surface area contributed by atoms with E-state index in [1.54, 1.807) is 7.05 Å². The van der Waals surface area contributed by atoms with E-state index in [0.717, 1.165) is 29.9 Å². The average Bonchev–Trinajstić information content (AvgIpc) is 2.84. The fraction of sp³-hybridized carbons (Fsp3) is 0.692. The number of hydrogen-bond donors (Lipinski definition) is 2. The van der Waals surface area contributed by atoms with E-state index in [2.05, 4.69) is 27.7 Å². The van der Waals surface area contributed by atoms with Crippen LogP contribution in [0.4, 0.5) is 4.39 Å². The molecule has 0 atom stereocenters. The number of aliphatic imine (C=N–C) groups is 1. The molecular formula is C13H23FN4O. The molecule has 6 heteroatoms. The predicted octanol–water partition coefficient (Wildman–Crippen LogP) is 1.82. The van der Waals surface area contributed by atoms with Gasteiger partial charge in [0.15, 0.2) is 5.96 Å². The number of alkyl halides is 1. The molecule has 0 radical (unpaired) electrons. The number of nitrogens with zero attached hydrogens (tertiary/aromatic N) is 2. The first-order valence-electron chi connectivity index (χ1n) is 6.73. The van der Waals surface area contributed by atoms with Crippen LogP contribution in [-0.2, 0) is 19.4 Å². The molecular weight excluding hydrogens is 247 g/mol. The minimum atomic E-state index is -0.324. The van der Waals surface area contributed by atoms with Crippen LogP contribution in [0.15, 0.2) is 9.52 Å². The lowest BCUT2D eigenvalue weighted by Crippen LogP contribution is -2.37. The van der Waals surface area contributed by atoms with Crippen molar-refractivity contribution in [1.82, 2.24) is 15.8 Å². The molecule has 0 saturated heterocycles. The molecule has 2 N–H and O–H groups in total. The summed E-state index contributed by atoms with van der Waals surface area (Å²) in [5.41, 5.74) is 2.07. The van der Waals surface area contributed by atoms with Gasteiger partial charge in [-0.1, -0.05) is 19.0 Å². The van der Waals surface area contributed by atoms with E-state index in [9.17, 15) is 4.39 Å². The molecule has 0 unspecified atom stereocenters. The minimum absolute atomic E-state index is 0.324. The maximum atomic E-state index is 12.0. The summed E-state index contributed by atoms with van der Waals surface area (Å²) in [4.78, 5) is 4.09. The van der Waals surface area contributed by atoms with Crippen molar-refractivity contribution >= 4 is 5.96 Å². The molecule has 0 aromatic carbocycles. The zero-order valence-corrected chi connectivity index (χ0v) is 11.9. The van der Waals surface area contributed by atoms with Crippen molar-refractivity contribution in [2.45, 2.75) is 39.7 Å². The van der Waals surface area contributed by atoms with E-state index in [1.165, 1.54) is 0 Å². The van der Waals surface area contributed by atoms with E-state index in [4.69, 9.17) is 4.52 Å². The Bertz CT molecular complexity index is 382. The second kappa shape index (κ2) is 8.50. The van der Waals surface area contributed by atoms with Crippen LogP contribution < -0.4 is 10.6 Å². The highest BCUT2D eigenvalue weighted by atomic mass is 19.1. The molecule has 0 bridgehead atoms. The van der Waals surface area contributed by atoms with Gasteiger partial charge in [0, 0.05) is 32.1 Å². The van der Waals surface area contributed by atoms with Crippen LogP contribution in [0.5, 0.6) is 0 Å². The number of guanidine groups is 1. The van der Waals surface area contributed by atoms with E-state index in [-0.39, 0.29) is 6.67 Å². The SMILES string of the molecule is CCc1noc(CC)c1CNC(=NC)NCCCF. The van der Waals surface area contributed by atoms with Gasteiger partial charge in [-0.15, -0.1) is 0 Å². The molecule has 0 amide bonds. The van der Waals surface area contributed by atoms with Gasteiger partial charge < -0.3 is 15.2 Å². The van der Waals surface area contributed by atoms with Crippen molar-refractivity contribution in [3.8, 4) is 0 Å². The second-order valence-electron chi connectivity index (χ2n) is 4.13. The molecule has 108 valence electrons. The summed E-state index contributed by atoms with van der Waals surface area (Å²) in [6.45, 7) is 4.95. The fourth-order valence-corrected chi connectivity index (χ4v) is 1.80. The zero-order chi connectivity index (χ0) is 14.1. The Labute approximate surface area is 113 Å². The highest BCUT2D eigenvalue weighted by molar-refractivity contribution is 5.79. The monoisotopic (exact) mass is 270 g/mol. The Morgan fingerprint density at radius 2 is 2.11 bits per heavy atom. The summed E-state index contributed by atoms with van der Waals surface area (Å²) in [6.07, 6.45) is 2.14. The standard InChI is InChI=1S/C13H23FN4O/c1-4-11-10(12(5-2)19-18-11)9-17-13(15-3)16-8-6-7-14/h4-9H2,1-3H3,(H2,15,16,17).